The molecule has 0 amide bonds. The molecule has 3 N–H and O–H groups in total. The fourth-order valence-corrected chi connectivity index (χ4v) is 2.99. The van der Waals surface area contributed by atoms with Crippen LogP contribution in [0.1, 0.15) is 24.5 Å². The zero-order valence-electron chi connectivity index (χ0n) is 11.6. The Balaban J connectivity index is 1.75. The maximum atomic E-state index is 6.07. The first-order valence-corrected chi connectivity index (χ1v) is 7.14. The molecule has 1 fully saturated rings. The van der Waals surface area contributed by atoms with Crippen molar-refractivity contribution >= 4 is 5.82 Å². The fourth-order valence-electron chi connectivity index (χ4n) is 2.99. The van der Waals surface area contributed by atoms with Crippen LogP contribution in [0.2, 0.25) is 0 Å². The highest BCUT2D eigenvalue weighted by Gasteiger charge is 2.25. The summed E-state index contributed by atoms with van der Waals surface area (Å²) in [5.74, 6) is 2.33. The second-order valence-corrected chi connectivity index (χ2v) is 5.38. The van der Waals surface area contributed by atoms with E-state index in [1.54, 1.807) is 0 Å². The van der Waals surface area contributed by atoms with Gasteiger partial charge in [-0.05, 0) is 30.5 Å². The van der Waals surface area contributed by atoms with E-state index in [-0.39, 0.29) is 6.79 Å². The lowest BCUT2D eigenvalue weighted by Crippen LogP contribution is -2.16. The van der Waals surface area contributed by atoms with E-state index in [0.29, 0.717) is 18.3 Å². The van der Waals surface area contributed by atoms with Crippen LogP contribution in [0, 0.1) is 0 Å². The van der Waals surface area contributed by atoms with Crippen molar-refractivity contribution in [2.45, 2.75) is 18.8 Å². The molecule has 1 aromatic heterocycles. The monoisotopic (exact) mass is 287 g/mol. The Hall–Kier alpha value is -2.21. The predicted molar refractivity (Wildman–Crippen MR) is 77.4 cm³/mol. The molecule has 21 heavy (non-hydrogen) atoms. The Morgan fingerprint density at radius 1 is 1.24 bits per heavy atom. The van der Waals surface area contributed by atoms with Crippen LogP contribution in [0.5, 0.6) is 11.5 Å². The van der Waals surface area contributed by atoms with Gasteiger partial charge in [-0.3, -0.25) is 5.10 Å². The quantitative estimate of drug-likeness (QED) is 0.885. The maximum absolute atomic E-state index is 6.07. The lowest BCUT2D eigenvalue weighted by Gasteiger charge is -2.22. The van der Waals surface area contributed by atoms with Gasteiger partial charge in [0.1, 0.15) is 0 Å². The van der Waals surface area contributed by atoms with Gasteiger partial charge in [-0.25, -0.2) is 0 Å². The van der Waals surface area contributed by atoms with Gasteiger partial charge in [-0.2, -0.15) is 5.10 Å². The molecule has 6 nitrogen and oxygen atoms in total. The maximum Gasteiger partial charge on any atom is 0.231 e. The topological polar surface area (TPSA) is 82.4 Å². The van der Waals surface area contributed by atoms with Crippen molar-refractivity contribution in [3.63, 3.8) is 0 Å². The number of aromatic amines is 1. The molecule has 0 bridgehead atoms. The first-order chi connectivity index (χ1) is 10.3. The summed E-state index contributed by atoms with van der Waals surface area (Å²) < 4.78 is 16.4. The van der Waals surface area contributed by atoms with Gasteiger partial charge in [-0.15, -0.1) is 0 Å². The minimum absolute atomic E-state index is 0.267. The Kier molecular flexibility index (Phi) is 2.96. The molecule has 4 rings (SSSR count). The minimum Gasteiger partial charge on any atom is -0.454 e. The standard InChI is InChI=1S/C15H17N3O3/c16-15-13(9-3-4-11-12(6-9)21-8-20-11)14(17-18-15)10-2-1-5-19-7-10/h3-4,6,10H,1-2,5,7-8H2,(H3,16,17,18)/t10-/m0/s1. The highest BCUT2D eigenvalue weighted by atomic mass is 16.7. The van der Waals surface area contributed by atoms with Crippen LogP contribution in [0.3, 0.4) is 0 Å². The molecule has 1 aromatic carbocycles. The molecule has 6 heteroatoms. The number of fused-ring (bicyclic) bond motifs is 1. The Morgan fingerprint density at radius 2 is 2.14 bits per heavy atom. The average molecular weight is 287 g/mol. The average Bonchev–Trinajstić information content (AvgIpc) is 3.13. The summed E-state index contributed by atoms with van der Waals surface area (Å²) in [5, 5.41) is 7.27. The van der Waals surface area contributed by atoms with Gasteiger partial charge in [0.15, 0.2) is 17.3 Å². The molecule has 0 saturated carbocycles. The third-order valence-electron chi connectivity index (χ3n) is 4.05. The van der Waals surface area contributed by atoms with Crippen molar-refractivity contribution in [3.8, 4) is 22.6 Å². The van der Waals surface area contributed by atoms with Crippen molar-refractivity contribution < 1.29 is 14.2 Å². The van der Waals surface area contributed by atoms with E-state index in [4.69, 9.17) is 19.9 Å². The number of ether oxygens (including phenoxy) is 3. The number of H-pyrrole nitrogens is 1. The summed E-state index contributed by atoms with van der Waals surface area (Å²) in [6, 6.07) is 5.85. The molecular formula is C15H17N3O3. The zero-order chi connectivity index (χ0) is 14.2. The molecule has 110 valence electrons. The smallest absolute Gasteiger partial charge is 0.231 e. The lowest BCUT2D eigenvalue weighted by molar-refractivity contribution is 0.0794. The summed E-state index contributed by atoms with van der Waals surface area (Å²) >= 11 is 0. The summed E-state index contributed by atoms with van der Waals surface area (Å²) in [7, 11) is 0. The molecular weight excluding hydrogens is 270 g/mol. The van der Waals surface area contributed by atoms with E-state index in [1.807, 2.05) is 18.2 Å². The Bertz CT molecular complexity index is 662. The van der Waals surface area contributed by atoms with Gasteiger partial charge >= 0.3 is 0 Å². The Morgan fingerprint density at radius 3 is 3.00 bits per heavy atom. The van der Waals surface area contributed by atoms with Crippen LogP contribution in [0.15, 0.2) is 18.2 Å². The van der Waals surface area contributed by atoms with Gasteiger partial charge in [0.25, 0.3) is 0 Å². The molecule has 2 aliphatic rings. The first-order valence-electron chi connectivity index (χ1n) is 7.14. The zero-order valence-corrected chi connectivity index (χ0v) is 11.6. The van der Waals surface area contributed by atoms with Gasteiger partial charge in [-0.1, -0.05) is 6.07 Å². The molecule has 1 atom stereocenters. The van der Waals surface area contributed by atoms with Crippen LogP contribution in [0.4, 0.5) is 5.82 Å². The molecule has 0 aliphatic carbocycles. The molecule has 0 unspecified atom stereocenters. The number of rotatable bonds is 2. The van der Waals surface area contributed by atoms with Crippen LogP contribution < -0.4 is 15.2 Å². The van der Waals surface area contributed by atoms with Gasteiger partial charge < -0.3 is 19.9 Å². The second-order valence-electron chi connectivity index (χ2n) is 5.38. The fraction of sp³-hybridized carbons (Fsp3) is 0.400. The van der Waals surface area contributed by atoms with Crippen molar-refractivity contribution in [1.82, 2.24) is 10.2 Å². The number of nitrogens with one attached hydrogen (secondary N) is 1. The first kappa shape index (κ1) is 12.5. The van der Waals surface area contributed by atoms with E-state index >= 15 is 0 Å². The minimum atomic E-state index is 0.267. The van der Waals surface area contributed by atoms with Crippen LogP contribution >= 0.6 is 0 Å². The van der Waals surface area contributed by atoms with Crippen molar-refractivity contribution in [3.05, 3.63) is 23.9 Å². The van der Waals surface area contributed by atoms with Crippen LogP contribution in [-0.2, 0) is 4.74 Å². The number of anilines is 1. The largest absolute Gasteiger partial charge is 0.454 e. The predicted octanol–water partition coefficient (Wildman–Crippen LogP) is 2.28. The third-order valence-corrected chi connectivity index (χ3v) is 4.05. The van der Waals surface area contributed by atoms with Crippen molar-refractivity contribution in [2.24, 2.45) is 0 Å². The van der Waals surface area contributed by atoms with E-state index < -0.39 is 0 Å². The van der Waals surface area contributed by atoms with Crippen molar-refractivity contribution in [1.29, 1.82) is 0 Å². The van der Waals surface area contributed by atoms with E-state index in [2.05, 4.69) is 10.2 Å². The number of hydrogen-bond acceptors (Lipinski definition) is 5. The van der Waals surface area contributed by atoms with Gasteiger partial charge in [0.05, 0.1) is 12.3 Å². The number of aromatic nitrogens is 2. The van der Waals surface area contributed by atoms with Gasteiger partial charge in [0.2, 0.25) is 6.79 Å². The lowest BCUT2D eigenvalue weighted by atomic mass is 9.92. The second kappa shape index (κ2) is 4.96. The van der Waals surface area contributed by atoms with Crippen molar-refractivity contribution in [2.75, 3.05) is 25.7 Å². The van der Waals surface area contributed by atoms with Crippen LogP contribution in [0.25, 0.3) is 11.1 Å². The summed E-state index contributed by atoms with van der Waals surface area (Å²) in [4.78, 5) is 0. The number of hydrogen-bond donors (Lipinski definition) is 2. The Labute approximate surface area is 122 Å². The van der Waals surface area contributed by atoms with Gasteiger partial charge in [0, 0.05) is 18.1 Å². The molecule has 1 saturated heterocycles. The number of nitrogens with zero attached hydrogens (tertiary/aromatic N) is 1. The molecule has 2 aromatic rings. The number of benzene rings is 1. The van der Waals surface area contributed by atoms with E-state index in [1.165, 1.54) is 0 Å². The van der Waals surface area contributed by atoms with Crippen LogP contribution in [-0.4, -0.2) is 30.2 Å². The summed E-state index contributed by atoms with van der Waals surface area (Å²) in [5.41, 5.74) is 9.06. The molecule has 0 radical (unpaired) electrons. The highest BCUT2D eigenvalue weighted by Crippen LogP contribution is 2.40. The normalized spacial score (nSPS) is 20.7. The molecule has 0 spiro atoms. The molecule has 3 heterocycles. The summed E-state index contributed by atoms with van der Waals surface area (Å²) in [6.45, 7) is 1.81. The third kappa shape index (κ3) is 2.12. The van der Waals surface area contributed by atoms with E-state index in [9.17, 15) is 0 Å². The van der Waals surface area contributed by atoms with E-state index in [0.717, 1.165) is 47.8 Å². The number of nitrogen functional groups attached to an aromatic ring is 1. The SMILES string of the molecule is Nc1n[nH]c([C@H]2CCCOC2)c1-c1ccc2c(c1)OCO2. The highest BCUT2D eigenvalue weighted by molar-refractivity contribution is 5.78. The summed E-state index contributed by atoms with van der Waals surface area (Å²) in [6.07, 6.45) is 2.14. The molecule has 2 aliphatic heterocycles. The number of nitrogens with two attached hydrogens (primary N) is 1.